The topological polar surface area (TPSA) is 25.8 Å². The standard InChI is InChI=1S/C10H9IN2/c11-10-12-6-9(7-13-10)8-4-2-1-3-5-8/h2,4-7H,1,3H2. The first kappa shape index (κ1) is 8.87. The Kier molecular flexibility index (Phi) is 2.73. The van der Waals surface area contributed by atoms with E-state index in [-0.39, 0.29) is 0 Å². The number of nitrogens with zero attached hydrogens (tertiary/aromatic N) is 2. The first-order valence-corrected chi connectivity index (χ1v) is 5.29. The Bertz CT molecular complexity index is 352. The summed E-state index contributed by atoms with van der Waals surface area (Å²) in [5.74, 6) is 0. The zero-order chi connectivity index (χ0) is 9.10. The van der Waals surface area contributed by atoms with E-state index in [1.807, 2.05) is 12.4 Å². The molecule has 0 radical (unpaired) electrons. The van der Waals surface area contributed by atoms with Crippen molar-refractivity contribution in [3.8, 4) is 0 Å². The lowest BCUT2D eigenvalue weighted by Gasteiger charge is -2.05. The van der Waals surface area contributed by atoms with Crippen LogP contribution in [0, 0.1) is 3.83 Å². The fraction of sp³-hybridized carbons (Fsp3) is 0.200. The van der Waals surface area contributed by atoms with Crippen molar-refractivity contribution in [2.75, 3.05) is 0 Å². The van der Waals surface area contributed by atoms with Crippen LogP contribution in [0.25, 0.3) is 5.57 Å². The average Bonchev–Trinajstić information content (AvgIpc) is 2.20. The maximum Gasteiger partial charge on any atom is 0.190 e. The van der Waals surface area contributed by atoms with Crippen LogP contribution in [0.2, 0.25) is 0 Å². The van der Waals surface area contributed by atoms with Crippen LogP contribution in [0.4, 0.5) is 0 Å². The van der Waals surface area contributed by atoms with Crippen LogP contribution in [0.15, 0.2) is 30.6 Å². The quantitative estimate of drug-likeness (QED) is 0.585. The van der Waals surface area contributed by atoms with Crippen molar-refractivity contribution in [3.05, 3.63) is 40.0 Å². The molecule has 0 unspecified atom stereocenters. The minimum Gasteiger partial charge on any atom is -0.231 e. The van der Waals surface area contributed by atoms with Gasteiger partial charge in [0.25, 0.3) is 0 Å². The van der Waals surface area contributed by atoms with Crippen LogP contribution in [-0.2, 0) is 0 Å². The molecule has 0 saturated heterocycles. The highest BCUT2D eigenvalue weighted by Crippen LogP contribution is 2.19. The Labute approximate surface area is 90.9 Å². The largest absolute Gasteiger partial charge is 0.231 e. The summed E-state index contributed by atoms with van der Waals surface area (Å²) in [4.78, 5) is 8.31. The Hall–Kier alpha value is -0.710. The fourth-order valence-electron chi connectivity index (χ4n) is 1.29. The van der Waals surface area contributed by atoms with Gasteiger partial charge in [0.05, 0.1) is 0 Å². The first-order valence-electron chi connectivity index (χ1n) is 4.21. The van der Waals surface area contributed by atoms with E-state index < -0.39 is 0 Å². The van der Waals surface area contributed by atoms with Gasteiger partial charge in [0.2, 0.25) is 0 Å². The van der Waals surface area contributed by atoms with Gasteiger partial charge in [-0.1, -0.05) is 18.2 Å². The molecule has 66 valence electrons. The number of aromatic nitrogens is 2. The van der Waals surface area contributed by atoms with E-state index in [9.17, 15) is 0 Å². The van der Waals surface area contributed by atoms with Gasteiger partial charge in [-0.15, -0.1) is 0 Å². The molecule has 1 aliphatic carbocycles. The molecule has 0 aromatic carbocycles. The van der Waals surface area contributed by atoms with Gasteiger partial charge in [-0.2, -0.15) is 0 Å². The predicted octanol–water partition coefficient (Wildman–Crippen LogP) is 2.81. The Morgan fingerprint density at radius 1 is 1.15 bits per heavy atom. The molecule has 13 heavy (non-hydrogen) atoms. The summed E-state index contributed by atoms with van der Waals surface area (Å²) in [5.41, 5.74) is 2.35. The summed E-state index contributed by atoms with van der Waals surface area (Å²) in [6.07, 6.45) is 12.6. The van der Waals surface area contributed by atoms with E-state index in [4.69, 9.17) is 0 Å². The van der Waals surface area contributed by atoms with Crippen molar-refractivity contribution in [2.45, 2.75) is 12.8 Å². The van der Waals surface area contributed by atoms with Gasteiger partial charge in [0, 0.05) is 40.5 Å². The second kappa shape index (κ2) is 4.00. The van der Waals surface area contributed by atoms with Crippen molar-refractivity contribution in [3.63, 3.8) is 0 Å². The molecular formula is C10H9IN2. The van der Waals surface area contributed by atoms with E-state index in [1.54, 1.807) is 0 Å². The summed E-state index contributed by atoms with van der Waals surface area (Å²) >= 11 is 2.11. The minimum atomic E-state index is 0.793. The highest BCUT2D eigenvalue weighted by Gasteiger charge is 2.01. The smallest absolute Gasteiger partial charge is 0.190 e. The number of allylic oxidation sites excluding steroid dienone is 4. The zero-order valence-electron chi connectivity index (χ0n) is 7.07. The molecule has 2 nitrogen and oxygen atoms in total. The number of rotatable bonds is 1. The zero-order valence-corrected chi connectivity index (χ0v) is 9.23. The van der Waals surface area contributed by atoms with Gasteiger partial charge in [-0.3, -0.25) is 0 Å². The molecule has 1 aromatic rings. The third-order valence-corrected chi connectivity index (χ3v) is 2.51. The number of hydrogen-bond donors (Lipinski definition) is 0. The summed E-state index contributed by atoms with van der Waals surface area (Å²) in [5, 5.41) is 0. The summed E-state index contributed by atoms with van der Waals surface area (Å²) in [7, 11) is 0. The molecule has 1 heterocycles. The lowest BCUT2D eigenvalue weighted by Crippen LogP contribution is -1.91. The van der Waals surface area contributed by atoms with Crippen molar-refractivity contribution in [2.24, 2.45) is 0 Å². The van der Waals surface area contributed by atoms with Crippen LogP contribution in [-0.4, -0.2) is 9.97 Å². The Morgan fingerprint density at radius 2 is 1.92 bits per heavy atom. The van der Waals surface area contributed by atoms with E-state index in [2.05, 4.69) is 50.8 Å². The normalized spacial score (nSPS) is 15.6. The van der Waals surface area contributed by atoms with E-state index in [0.717, 1.165) is 22.2 Å². The maximum absolute atomic E-state index is 4.16. The van der Waals surface area contributed by atoms with Gasteiger partial charge in [0.15, 0.2) is 3.83 Å². The molecule has 2 rings (SSSR count). The molecule has 0 spiro atoms. The van der Waals surface area contributed by atoms with Gasteiger partial charge < -0.3 is 0 Å². The first-order chi connectivity index (χ1) is 6.36. The van der Waals surface area contributed by atoms with E-state index in [1.165, 1.54) is 5.57 Å². The predicted molar refractivity (Wildman–Crippen MR) is 61.1 cm³/mol. The van der Waals surface area contributed by atoms with Crippen molar-refractivity contribution >= 4 is 28.2 Å². The lowest BCUT2D eigenvalue weighted by atomic mass is 10.0. The Morgan fingerprint density at radius 3 is 2.54 bits per heavy atom. The molecule has 3 heteroatoms. The highest BCUT2D eigenvalue weighted by molar-refractivity contribution is 14.1. The highest BCUT2D eigenvalue weighted by atomic mass is 127. The molecule has 0 aliphatic heterocycles. The summed E-state index contributed by atoms with van der Waals surface area (Å²) in [6, 6.07) is 0. The van der Waals surface area contributed by atoms with Gasteiger partial charge in [-0.25, -0.2) is 9.97 Å². The molecule has 0 bridgehead atoms. The molecule has 0 atom stereocenters. The third kappa shape index (κ3) is 2.15. The van der Waals surface area contributed by atoms with Crippen LogP contribution >= 0.6 is 22.6 Å². The molecule has 1 aliphatic rings. The molecule has 0 N–H and O–H groups in total. The van der Waals surface area contributed by atoms with Crippen LogP contribution in [0.1, 0.15) is 18.4 Å². The van der Waals surface area contributed by atoms with Crippen LogP contribution in [0.5, 0.6) is 0 Å². The summed E-state index contributed by atoms with van der Waals surface area (Å²) < 4.78 is 0.793. The second-order valence-electron chi connectivity index (χ2n) is 2.88. The fourth-order valence-corrected chi connectivity index (χ4v) is 1.57. The molecule has 1 aromatic heterocycles. The third-order valence-electron chi connectivity index (χ3n) is 1.95. The second-order valence-corrected chi connectivity index (χ2v) is 3.84. The SMILES string of the molecule is Ic1ncc(C2=CCCC=C2)cn1. The average molecular weight is 284 g/mol. The van der Waals surface area contributed by atoms with E-state index in [0.29, 0.717) is 0 Å². The lowest BCUT2D eigenvalue weighted by molar-refractivity contribution is 1.03. The van der Waals surface area contributed by atoms with Gasteiger partial charge in [-0.05, 0) is 18.4 Å². The number of halogens is 1. The van der Waals surface area contributed by atoms with E-state index >= 15 is 0 Å². The Balaban J connectivity index is 2.30. The minimum absolute atomic E-state index is 0.793. The van der Waals surface area contributed by atoms with Crippen LogP contribution < -0.4 is 0 Å². The number of hydrogen-bond acceptors (Lipinski definition) is 2. The van der Waals surface area contributed by atoms with Crippen LogP contribution in [0.3, 0.4) is 0 Å². The molecule has 0 amide bonds. The van der Waals surface area contributed by atoms with Gasteiger partial charge in [0.1, 0.15) is 0 Å². The van der Waals surface area contributed by atoms with Crippen molar-refractivity contribution in [1.82, 2.24) is 9.97 Å². The van der Waals surface area contributed by atoms with Crippen molar-refractivity contribution in [1.29, 1.82) is 0 Å². The van der Waals surface area contributed by atoms with Crippen molar-refractivity contribution < 1.29 is 0 Å². The molecule has 0 saturated carbocycles. The molecule has 0 fully saturated rings. The molecular weight excluding hydrogens is 275 g/mol. The maximum atomic E-state index is 4.16. The van der Waals surface area contributed by atoms with Gasteiger partial charge >= 0.3 is 0 Å². The monoisotopic (exact) mass is 284 g/mol. The summed E-state index contributed by atoms with van der Waals surface area (Å²) in [6.45, 7) is 0.